The SMILES string of the molecule is COc1cc(/C(O)=C2/C(=O)C(=O)N(c3ccc(N4CCCCC4)cc3)C2c2ccc(C)o2)ccc1Cl. The Morgan fingerprint density at radius 3 is 2.33 bits per heavy atom. The molecule has 0 spiro atoms. The van der Waals surface area contributed by atoms with Gasteiger partial charge in [-0.3, -0.25) is 14.5 Å². The number of halogens is 1. The van der Waals surface area contributed by atoms with Crippen LogP contribution in [0.4, 0.5) is 11.4 Å². The highest BCUT2D eigenvalue weighted by molar-refractivity contribution is 6.51. The van der Waals surface area contributed by atoms with Crippen molar-refractivity contribution in [1.29, 1.82) is 0 Å². The van der Waals surface area contributed by atoms with Gasteiger partial charge in [-0.05, 0) is 80.8 Å². The summed E-state index contributed by atoms with van der Waals surface area (Å²) >= 11 is 6.14. The van der Waals surface area contributed by atoms with E-state index >= 15 is 0 Å². The van der Waals surface area contributed by atoms with Crippen molar-refractivity contribution in [2.24, 2.45) is 0 Å². The second-order valence-electron chi connectivity index (χ2n) is 9.03. The zero-order valence-electron chi connectivity index (χ0n) is 20.2. The zero-order chi connectivity index (χ0) is 25.4. The van der Waals surface area contributed by atoms with E-state index in [1.165, 1.54) is 24.5 Å². The lowest BCUT2D eigenvalue weighted by Crippen LogP contribution is -2.30. The molecule has 5 rings (SSSR count). The van der Waals surface area contributed by atoms with Gasteiger partial charge in [0.2, 0.25) is 0 Å². The maximum atomic E-state index is 13.3. The Balaban J connectivity index is 1.60. The third-order valence-corrected chi connectivity index (χ3v) is 7.06. The molecule has 2 fully saturated rings. The summed E-state index contributed by atoms with van der Waals surface area (Å²) in [6.07, 6.45) is 3.55. The van der Waals surface area contributed by atoms with Gasteiger partial charge in [0, 0.05) is 30.0 Å². The zero-order valence-corrected chi connectivity index (χ0v) is 20.9. The lowest BCUT2D eigenvalue weighted by Gasteiger charge is -2.29. The smallest absolute Gasteiger partial charge is 0.300 e. The molecule has 2 aliphatic rings. The van der Waals surface area contributed by atoms with E-state index in [1.54, 1.807) is 31.2 Å². The van der Waals surface area contributed by atoms with Crippen LogP contribution in [0.2, 0.25) is 5.02 Å². The maximum absolute atomic E-state index is 13.3. The molecule has 0 saturated carbocycles. The largest absolute Gasteiger partial charge is 0.507 e. The molecule has 186 valence electrons. The molecule has 1 atom stereocenters. The Hall–Kier alpha value is -3.71. The number of anilines is 2. The molecule has 0 aliphatic carbocycles. The maximum Gasteiger partial charge on any atom is 0.300 e. The van der Waals surface area contributed by atoms with Crippen molar-refractivity contribution >= 4 is 40.4 Å². The highest BCUT2D eigenvalue weighted by Gasteiger charge is 2.48. The molecule has 1 aromatic heterocycles. The van der Waals surface area contributed by atoms with Crippen molar-refractivity contribution in [1.82, 2.24) is 0 Å². The standard InChI is InChI=1S/C28H27ClN2O5/c1-17-6-13-22(36-17)25-24(26(32)18-7-12-21(29)23(16-18)35-2)27(33)28(34)31(25)20-10-8-19(9-11-20)30-14-4-3-5-15-30/h6-13,16,25,32H,3-5,14-15H2,1-2H3/b26-24-. The number of furan rings is 1. The number of aliphatic hydroxyl groups excluding tert-OH is 1. The monoisotopic (exact) mass is 506 g/mol. The van der Waals surface area contributed by atoms with Crippen molar-refractivity contribution in [3.8, 4) is 5.75 Å². The predicted octanol–water partition coefficient (Wildman–Crippen LogP) is 5.87. The molecule has 8 heteroatoms. The van der Waals surface area contributed by atoms with E-state index in [-0.39, 0.29) is 11.3 Å². The van der Waals surface area contributed by atoms with E-state index in [2.05, 4.69) is 4.90 Å². The molecule has 2 saturated heterocycles. The molecule has 0 bridgehead atoms. The van der Waals surface area contributed by atoms with Crippen molar-refractivity contribution in [3.05, 3.63) is 82.3 Å². The lowest BCUT2D eigenvalue weighted by molar-refractivity contribution is -0.132. The van der Waals surface area contributed by atoms with Gasteiger partial charge >= 0.3 is 0 Å². The van der Waals surface area contributed by atoms with Gasteiger partial charge in [0.15, 0.2) is 0 Å². The van der Waals surface area contributed by atoms with Crippen molar-refractivity contribution in [2.75, 3.05) is 30.0 Å². The first-order valence-corrected chi connectivity index (χ1v) is 12.3. The van der Waals surface area contributed by atoms with E-state index in [0.717, 1.165) is 31.6 Å². The third kappa shape index (κ3) is 4.24. The number of benzene rings is 2. The van der Waals surface area contributed by atoms with E-state index in [9.17, 15) is 14.7 Å². The molecular weight excluding hydrogens is 480 g/mol. The van der Waals surface area contributed by atoms with Crippen LogP contribution in [0.25, 0.3) is 5.76 Å². The molecule has 2 aliphatic heterocycles. The van der Waals surface area contributed by atoms with Gasteiger partial charge in [0.25, 0.3) is 11.7 Å². The summed E-state index contributed by atoms with van der Waals surface area (Å²) in [5.74, 6) is -0.496. The average molecular weight is 507 g/mol. The fraction of sp³-hybridized carbons (Fsp3) is 0.286. The number of methoxy groups -OCH3 is 1. The minimum Gasteiger partial charge on any atom is -0.507 e. The average Bonchev–Trinajstić information content (AvgIpc) is 3.45. The Labute approximate surface area is 214 Å². The molecule has 7 nitrogen and oxygen atoms in total. The van der Waals surface area contributed by atoms with Gasteiger partial charge in [-0.25, -0.2) is 0 Å². The second kappa shape index (κ2) is 9.74. The fourth-order valence-corrected chi connectivity index (χ4v) is 5.10. The van der Waals surface area contributed by atoms with Crippen LogP contribution >= 0.6 is 11.6 Å². The van der Waals surface area contributed by atoms with Crippen LogP contribution in [0.1, 0.15) is 42.4 Å². The quantitative estimate of drug-likeness (QED) is 0.265. The number of aryl methyl sites for hydroxylation is 1. The molecule has 2 aromatic carbocycles. The number of carbonyl (C=O) groups is 2. The Bertz CT molecular complexity index is 1340. The van der Waals surface area contributed by atoms with Crippen LogP contribution in [-0.2, 0) is 9.59 Å². The van der Waals surface area contributed by atoms with Gasteiger partial charge in [0.05, 0.1) is 17.7 Å². The summed E-state index contributed by atoms with van der Waals surface area (Å²) < 4.78 is 11.1. The van der Waals surface area contributed by atoms with Crippen LogP contribution in [0.5, 0.6) is 5.75 Å². The summed E-state index contributed by atoms with van der Waals surface area (Å²) in [4.78, 5) is 30.4. The summed E-state index contributed by atoms with van der Waals surface area (Å²) in [6.45, 7) is 3.79. The number of ether oxygens (including phenoxy) is 1. The molecule has 36 heavy (non-hydrogen) atoms. The van der Waals surface area contributed by atoms with Gasteiger partial charge in [-0.2, -0.15) is 0 Å². The number of hydrogen-bond acceptors (Lipinski definition) is 6. The summed E-state index contributed by atoms with van der Waals surface area (Å²) in [5, 5.41) is 11.6. The van der Waals surface area contributed by atoms with E-state index in [1.807, 2.05) is 24.3 Å². The number of Topliss-reactive ketones (excluding diaryl/α,β-unsaturated/α-hetero) is 1. The van der Waals surface area contributed by atoms with Gasteiger partial charge in [-0.15, -0.1) is 0 Å². The van der Waals surface area contributed by atoms with Gasteiger partial charge in [0.1, 0.15) is 29.1 Å². The Kier molecular flexibility index (Phi) is 6.49. The molecule has 1 N–H and O–H groups in total. The summed E-state index contributed by atoms with van der Waals surface area (Å²) in [7, 11) is 1.46. The van der Waals surface area contributed by atoms with E-state index in [4.69, 9.17) is 20.8 Å². The van der Waals surface area contributed by atoms with Crippen molar-refractivity contribution < 1.29 is 23.8 Å². The van der Waals surface area contributed by atoms with E-state index in [0.29, 0.717) is 33.5 Å². The van der Waals surface area contributed by atoms with Crippen LogP contribution in [-0.4, -0.2) is 37.0 Å². The third-order valence-electron chi connectivity index (χ3n) is 6.75. The highest BCUT2D eigenvalue weighted by atomic mass is 35.5. The molecule has 1 unspecified atom stereocenters. The van der Waals surface area contributed by atoms with Crippen LogP contribution < -0.4 is 14.5 Å². The molecule has 0 radical (unpaired) electrons. The molecule has 1 amide bonds. The lowest BCUT2D eigenvalue weighted by atomic mass is 9.99. The van der Waals surface area contributed by atoms with E-state index < -0.39 is 17.7 Å². The Morgan fingerprint density at radius 2 is 1.69 bits per heavy atom. The van der Waals surface area contributed by atoms with Gasteiger partial charge in [-0.1, -0.05) is 11.6 Å². The molecular formula is C28H27ClN2O5. The summed E-state index contributed by atoms with van der Waals surface area (Å²) in [5.41, 5.74) is 1.88. The Morgan fingerprint density at radius 1 is 1.00 bits per heavy atom. The number of nitrogens with zero attached hydrogens (tertiary/aromatic N) is 2. The first kappa shape index (κ1) is 24.0. The molecule has 3 heterocycles. The number of hydrogen-bond donors (Lipinski definition) is 1. The van der Waals surface area contributed by atoms with Crippen molar-refractivity contribution in [3.63, 3.8) is 0 Å². The van der Waals surface area contributed by atoms with Crippen molar-refractivity contribution in [2.45, 2.75) is 32.2 Å². The molecule has 3 aromatic rings. The number of ketones is 1. The normalized spacial score (nSPS) is 19.7. The number of rotatable bonds is 5. The number of piperidine rings is 1. The van der Waals surface area contributed by atoms with Gasteiger partial charge < -0.3 is 19.2 Å². The summed E-state index contributed by atoms with van der Waals surface area (Å²) in [6, 6.07) is 14.8. The van der Waals surface area contributed by atoms with Crippen LogP contribution in [0.15, 0.2) is 64.6 Å². The minimum absolute atomic E-state index is 0.0566. The van der Waals surface area contributed by atoms with Crippen LogP contribution in [0.3, 0.4) is 0 Å². The number of aliphatic hydroxyl groups is 1. The minimum atomic E-state index is -0.929. The fourth-order valence-electron chi connectivity index (χ4n) is 4.91. The number of carbonyl (C=O) groups excluding carboxylic acids is 2. The first-order valence-electron chi connectivity index (χ1n) is 12.0. The van der Waals surface area contributed by atoms with Crippen LogP contribution in [0, 0.1) is 6.92 Å². The number of amides is 1. The second-order valence-corrected chi connectivity index (χ2v) is 9.44. The topological polar surface area (TPSA) is 83.2 Å². The first-order chi connectivity index (χ1) is 17.4. The highest BCUT2D eigenvalue weighted by Crippen LogP contribution is 2.43. The predicted molar refractivity (Wildman–Crippen MR) is 139 cm³/mol.